The van der Waals surface area contributed by atoms with E-state index in [4.69, 9.17) is 23.2 Å². The fourth-order valence-corrected chi connectivity index (χ4v) is 1.82. The zero-order valence-electron chi connectivity index (χ0n) is 9.09. The highest BCUT2D eigenvalue weighted by Gasteiger charge is 2.13. The number of rotatable bonds is 4. The van der Waals surface area contributed by atoms with Crippen LogP contribution in [0.3, 0.4) is 0 Å². The molecule has 0 saturated carbocycles. The van der Waals surface area contributed by atoms with Gasteiger partial charge >= 0.3 is 0 Å². The van der Waals surface area contributed by atoms with Gasteiger partial charge in [0.15, 0.2) is 0 Å². The molecule has 4 nitrogen and oxygen atoms in total. The van der Waals surface area contributed by atoms with Gasteiger partial charge in [0.1, 0.15) is 0 Å². The van der Waals surface area contributed by atoms with E-state index in [1.807, 2.05) is 0 Å². The average Bonchev–Trinajstić information content (AvgIpc) is 2.26. The van der Waals surface area contributed by atoms with Gasteiger partial charge in [-0.3, -0.25) is 10.1 Å². The second-order valence-electron chi connectivity index (χ2n) is 3.15. The summed E-state index contributed by atoms with van der Waals surface area (Å²) in [6, 6.07) is 2.53. The van der Waals surface area contributed by atoms with Crippen LogP contribution in [0.1, 0.15) is 13.3 Å². The fraction of sp³-hybridized carbons (Fsp3) is 0.273. The highest BCUT2D eigenvalue weighted by molar-refractivity contribution is 6.39. The summed E-state index contributed by atoms with van der Waals surface area (Å²) in [6.07, 6.45) is 0.653. The van der Waals surface area contributed by atoms with Gasteiger partial charge < -0.3 is 5.32 Å². The van der Waals surface area contributed by atoms with Crippen LogP contribution in [0.2, 0.25) is 10.0 Å². The first-order chi connectivity index (χ1) is 8.06. The third-order valence-corrected chi connectivity index (χ3v) is 2.56. The van der Waals surface area contributed by atoms with Crippen molar-refractivity contribution in [2.45, 2.75) is 13.3 Å². The van der Waals surface area contributed by atoms with E-state index in [1.165, 1.54) is 12.1 Å². The Bertz CT molecular complexity index is 469. The summed E-state index contributed by atoms with van der Waals surface area (Å²) in [5, 5.41) is 14.0. The van der Waals surface area contributed by atoms with Gasteiger partial charge in [-0.05, 0) is 6.92 Å². The van der Waals surface area contributed by atoms with E-state index in [1.54, 1.807) is 6.92 Å². The molecule has 17 heavy (non-hydrogen) atoms. The predicted octanol–water partition coefficient (Wildman–Crippen LogP) is 3.73. The van der Waals surface area contributed by atoms with Crippen LogP contribution in [0.5, 0.6) is 0 Å². The van der Waals surface area contributed by atoms with Crippen molar-refractivity contribution in [2.75, 3.05) is 11.9 Å². The topological polar surface area (TPSA) is 55.2 Å². The normalized spacial score (nSPS) is 9.35. The molecule has 0 radical (unpaired) electrons. The molecule has 0 fully saturated rings. The van der Waals surface area contributed by atoms with Gasteiger partial charge in [0.2, 0.25) is 0 Å². The van der Waals surface area contributed by atoms with E-state index in [0.29, 0.717) is 18.7 Å². The molecule has 0 aliphatic heterocycles. The molecule has 0 amide bonds. The van der Waals surface area contributed by atoms with E-state index in [9.17, 15) is 10.1 Å². The first kappa shape index (κ1) is 13.6. The van der Waals surface area contributed by atoms with Crippen molar-refractivity contribution in [3.05, 3.63) is 32.3 Å². The van der Waals surface area contributed by atoms with E-state index >= 15 is 0 Å². The molecule has 0 aromatic heterocycles. The number of hydrogen-bond acceptors (Lipinski definition) is 3. The zero-order valence-corrected chi connectivity index (χ0v) is 10.6. The molecule has 1 rings (SSSR count). The Morgan fingerprint density at radius 1 is 1.41 bits per heavy atom. The molecule has 0 spiro atoms. The zero-order chi connectivity index (χ0) is 12.8. The van der Waals surface area contributed by atoms with Crippen molar-refractivity contribution >= 4 is 34.6 Å². The molecule has 6 heteroatoms. The minimum Gasteiger partial charge on any atom is -0.382 e. The number of halogens is 2. The summed E-state index contributed by atoms with van der Waals surface area (Å²) in [6.45, 7) is 2.34. The lowest BCUT2D eigenvalue weighted by Gasteiger charge is -2.08. The Labute approximate surface area is 109 Å². The molecular formula is C11H10Cl2N2O2. The van der Waals surface area contributed by atoms with Gasteiger partial charge in [0.25, 0.3) is 5.69 Å². The smallest absolute Gasteiger partial charge is 0.272 e. The van der Waals surface area contributed by atoms with Crippen LogP contribution < -0.4 is 5.32 Å². The van der Waals surface area contributed by atoms with Gasteiger partial charge in [-0.1, -0.05) is 23.2 Å². The Hall–Kier alpha value is -1.44. The maximum Gasteiger partial charge on any atom is 0.272 e. The average molecular weight is 273 g/mol. The van der Waals surface area contributed by atoms with Crippen LogP contribution in [-0.2, 0) is 0 Å². The number of benzene rings is 1. The second-order valence-corrected chi connectivity index (χ2v) is 3.96. The van der Waals surface area contributed by atoms with E-state index in [2.05, 4.69) is 17.2 Å². The maximum atomic E-state index is 10.6. The Morgan fingerprint density at radius 3 is 2.47 bits per heavy atom. The molecule has 0 saturated heterocycles. The van der Waals surface area contributed by atoms with Crippen LogP contribution in [0, 0.1) is 22.0 Å². The second kappa shape index (κ2) is 6.33. The van der Waals surface area contributed by atoms with E-state index in [0.717, 1.165) is 0 Å². The van der Waals surface area contributed by atoms with Crippen molar-refractivity contribution in [1.29, 1.82) is 0 Å². The predicted molar refractivity (Wildman–Crippen MR) is 69.7 cm³/mol. The SMILES string of the molecule is CC#CCCNc1c(Cl)cc([N+](=O)[O-])cc1Cl. The summed E-state index contributed by atoms with van der Waals surface area (Å²) >= 11 is 11.8. The minimum atomic E-state index is -0.538. The van der Waals surface area contributed by atoms with Gasteiger partial charge in [-0.2, -0.15) is 0 Å². The minimum absolute atomic E-state index is 0.126. The molecule has 0 bridgehead atoms. The van der Waals surface area contributed by atoms with E-state index in [-0.39, 0.29) is 15.7 Å². The number of hydrogen-bond donors (Lipinski definition) is 1. The van der Waals surface area contributed by atoms with Gasteiger partial charge in [0, 0.05) is 25.1 Å². The lowest BCUT2D eigenvalue weighted by atomic mass is 10.2. The van der Waals surface area contributed by atoms with Gasteiger partial charge in [0.05, 0.1) is 20.7 Å². The van der Waals surface area contributed by atoms with Crippen LogP contribution >= 0.6 is 23.2 Å². The van der Waals surface area contributed by atoms with Crippen molar-refractivity contribution in [2.24, 2.45) is 0 Å². The van der Waals surface area contributed by atoms with Crippen LogP contribution in [0.15, 0.2) is 12.1 Å². The first-order valence-corrected chi connectivity index (χ1v) is 5.58. The molecular weight excluding hydrogens is 263 g/mol. The summed E-state index contributed by atoms with van der Waals surface area (Å²) in [5.74, 6) is 5.64. The number of anilines is 1. The number of non-ortho nitro benzene ring substituents is 1. The quantitative estimate of drug-likeness (QED) is 0.393. The third-order valence-electron chi connectivity index (χ3n) is 1.97. The van der Waals surface area contributed by atoms with Crippen molar-refractivity contribution in [1.82, 2.24) is 0 Å². The Kier molecular flexibility index (Phi) is 5.08. The molecule has 1 aromatic rings. The highest BCUT2D eigenvalue weighted by atomic mass is 35.5. The largest absolute Gasteiger partial charge is 0.382 e. The standard InChI is InChI=1S/C11H10Cl2N2O2/c1-2-3-4-5-14-11-9(12)6-8(15(16)17)7-10(11)13/h6-7,14H,4-5H2,1H3. The molecule has 0 aliphatic rings. The van der Waals surface area contributed by atoms with Crippen molar-refractivity contribution < 1.29 is 4.92 Å². The number of nitro benzene ring substituents is 1. The molecule has 0 unspecified atom stereocenters. The van der Waals surface area contributed by atoms with Gasteiger partial charge in [-0.15, -0.1) is 11.8 Å². The maximum absolute atomic E-state index is 10.6. The van der Waals surface area contributed by atoms with Crippen molar-refractivity contribution in [3.63, 3.8) is 0 Å². The third kappa shape index (κ3) is 3.81. The molecule has 1 N–H and O–H groups in total. The number of nitrogens with one attached hydrogen (secondary N) is 1. The fourth-order valence-electron chi connectivity index (χ4n) is 1.21. The molecule has 0 aliphatic carbocycles. The Morgan fingerprint density at radius 2 is 2.00 bits per heavy atom. The van der Waals surface area contributed by atoms with E-state index < -0.39 is 4.92 Å². The lowest BCUT2D eigenvalue weighted by Crippen LogP contribution is -2.02. The molecule has 1 aromatic carbocycles. The highest BCUT2D eigenvalue weighted by Crippen LogP contribution is 2.34. The van der Waals surface area contributed by atoms with Crippen molar-refractivity contribution in [3.8, 4) is 11.8 Å². The molecule has 90 valence electrons. The molecule has 0 atom stereocenters. The Balaban J connectivity index is 2.85. The summed E-state index contributed by atoms with van der Waals surface area (Å²) in [4.78, 5) is 10.0. The van der Waals surface area contributed by atoms with Crippen LogP contribution in [0.4, 0.5) is 11.4 Å². The first-order valence-electron chi connectivity index (χ1n) is 4.83. The summed E-state index contributed by atoms with van der Waals surface area (Å²) < 4.78 is 0. The summed E-state index contributed by atoms with van der Waals surface area (Å²) in [5.41, 5.74) is 0.371. The monoisotopic (exact) mass is 272 g/mol. The van der Waals surface area contributed by atoms with Crippen LogP contribution in [-0.4, -0.2) is 11.5 Å². The lowest BCUT2D eigenvalue weighted by molar-refractivity contribution is -0.384. The number of nitrogens with zero attached hydrogens (tertiary/aromatic N) is 1. The van der Waals surface area contributed by atoms with Crippen LogP contribution in [0.25, 0.3) is 0 Å². The summed E-state index contributed by atoms with van der Waals surface area (Å²) in [7, 11) is 0. The molecule has 0 heterocycles. The van der Waals surface area contributed by atoms with Gasteiger partial charge in [-0.25, -0.2) is 0 Å². The number of nitro groups is 1.